The van der Waals surface area contributed by atoms with Gasteiger partial charge in [0.15, 0.2) is 17.5 Å². The van der Waals surface area contributed by atoms with Gasteiger partial charge in [-0.1, -0.05) is 0 Å². The molecular weight excluding hydrogens is 180 g/mol. The number of hydrogen-bond acceptors (Lipinski definition) is 4. The lowest BCUT2D eigenvalue weighted by atomic mass is 10.1. The maximum atomic E-state index is 10.4. The fraction of sp³-hybridized carbons (Fsp3) is 0.833. The van der Waals surface area contributed by atoms with Crippen LogP contribution in [0.4, 0.5) is 0 Å². The Balaban J connectivity index is 3.79. The topological polar surface area (TPSA) is 92.8 Å². The van der Waals surface area contributed by atoms with E-state index in [4.69, 9.17) is 10.8 Å². The predicted octanol–water partition coefficient (Wildman–Crippen LogP) is -0.0348. The summed E-state index contributed by atoms with van der Waals surface area (Å²) < 4.78 is 13.3. The van der Waals surface area contributed by atoms with Gasteiger partial charge in [-0.05, 0) is 25.8 Å². The van der Waals surface area contributed by atoms with Gasteiger partial charge in [0.25, 0.3) is 0 Å². The van der Waals surface area contributed by atoms with E-state index in [1.165, 1.54) is 0 Å². The van der Waals surface area contributed by atoms with E-state index in [-0.39, 0.29) is 11.5 Å². The van der Waals surface area contributed by atoms with Crippen molar-refractivity contribution in [3.05, 3.63) is 0 Å². The smallest absolute Gasteiger partial charge is 0.329 e. The van der Waals surface area contributed by atoms with Gasteiger partial charge < -0.3 is 10.8 Å². The number of carbonyl (C=O) groups is 1. The van der Waals surface area contributed by atoms with Gasteiger partial charge in [-0.3, -0.25) is 0 Å². The van der Waals surface area contributed by atoms with Crippen molar-refractivity contribution in [2.24, 2.45) is 10.1 Å². The average molecular weight is 192 g/mol. The second kappa shape index (κ2) is 6.93. The summed E-state index contributed by atoms with van der Waals surface area (Å²) in [5.41, 5.74) is 5.22. The molecule has 0 saturated heterocycles. The van der Waals surface area contributed by atoms with Crippen LogP contribution in [0.5, 0.6) is 0 Å². The molecule has 0 bridgehead atoms. The van der Waals surface area contributed by atoms with Crippen LogP contribution in [0.1, 0.15) is 19.3 Å². The fourth-order valence-corrected chi connectivity index (χ4v) is 1.05. The van der Waals surface area contributed by atoms with Crippen molar-refractivity contribution in [1.29, 1.82) is 0 Å². The summed E-state index contributed by atoms with van der Waals surface area (Å²) in [4.78, 5) is 10.4. The van der Waals surface area contributed by atoms with Crippen molar-refractivity contribution in [3.8, 4) is 0 Å². The maximum absolute atomic E-state index is 10.4. The van der Waals surface area contributed by atoms with Crippen molar-refractivity contribution >= 4 is 17.4 Å². The molecule has 0 aromatic rings. The molecule has 0 heterocycles. The molecule has 3 N–H and O–H groups in total. The van der Waals surface area contributed by atoms with E-state index in [9.17, 15) is 9.00 Å². The van der Waals surface area contributed by atoms with Gasteiger partial charge >= 0.3 is 5.97 Å². The molecule has 0 aromatic carbocycles. The Hall–Kier alpha value is -0.750. The highest BCUT2D eigenvalue weighted by Crippen LogP contribution is 2.03. The number of aliphatic carboxylic acids is 1. The number of unbranched alkanes of at least 4 members (excludes halogenated alkanes) is 1. The molecule has 0 fully saturated rings. The number of rotatable bonds is 6. The van der Waals surface area contributed by atoms with E-state index in [0.717, 1.165) is 6.42 Å². The van der Waals surface area contributed by atoms with Gasteiger partial charge in [0, 0.05) is 0 Å². The molecule has 0 rings (SSSR count). The minimum absolute atomic E-state index is 0.0410. The molecule has 70 valence electrons. The van der Waals surface area contributed by atoms with Crippen LogP contribution in [0.2, 0.25) is 0 Å². The Morgan fingerprint density at radius 3 is 2.67 bits per heavy atom. The third kappa shape index (κ3) is 4.97. The summed E-state index contributed by atoms with van der Waals surface area (Å²) in [7, 11) is 0. The quantitative estimate of drug-likeness (QED) is 0.578. The fourth-order valence-electron chi connectivity index (χ4n) is 0.755. The van der Waals surface area contributed by atoms with E-state index in [1.807, 2.05) is 0 Å². The molecule has 0 aliphatic heterocycles. The Bertz CT molecular complexity index is 189. The Kier molecular flexibility index (Phi) is 6.50. The van der Waals surface area contributed by atoms with Crippen molar-refractivity contribution < 1.29 is 14.1 Å². The normalized spacial score (nSPS) is 12.1. The lowest BCUT2D eigenvalue weighted by Gasteiger charge is -2.02. The molecular formula is C6H12N2O3S. The van der Waals surface area contributed by atoms with Crippen molar-refractivity contribution in [2.45, 2.75) is 25.3 Å². The molecule has 1 atom stereocenters. The summed E-state index contributed by atoms with van der Waals surface area (Å²) in [6.07, 6.45) is 1.85. The van der Waals surface area contributed by atoms with Gasteiger partial charge in [-0.2, -0.15) is 8.57 Å². The summed E-state index contributed by atoms with van der Waals surface area (Å²) >= 11 is -0.0410. The van der Waals surface area contributed by atoms with Crippen LogP contribution in [0.3, 0.4) is 0 Å². The largest absolute Gasteiger partial charge is 0.480 e. The third-order valence-corrected chi connectivity index (χ3v) is 1.73. The first-order chi connectivity index (χ1) is 5.72. The lowest BCUT2D eigenvalue weighted by molar-refractivity contribution is -0.138. The third-order valence-electron chi connectivity index (χ3n) is 1.39. The second-order valence-corrected chi connectivity index (χ2v) is 2.68. The van der Waals surface area contributed by atoms with Gasteiger partial charge in [0.2, 0.25) is 0 Å². The van der Waals surface area contributed by atoms with Gasteiger partial charge in [0.05, 0.1) is 0 Å². The highest BCUT2D eigenvalue weighted by atomic mass is 32.1. The van der Waals surface area contributed by atoms with Crippen LogP contribution >= 0.6 is 0 Å². The molecule has 0 spiro atoms. The van der Waals surface area contributed by atoms with Gasteiger partial charge in [0.1, 0.15) is 0 Å². The molecule has 0 saturated carbocycles. The Morgan fingerprint density at radius 2 is 2.25 bits per heavy atom. The minimum Gasteiger partial charge on any atom is -0.480 e. The molecule has 0 aliphatic carbocycles. The number of nitrogens with two attached hydrogens (primary N) is 1. The minimum atomic E-state index is -1.05. The first-order valence-corrected chi connectivity index (χ1v) is 4.34. The van der Waals surface area contributed by atoms with E-state index in [1.54, 1.807) is 0 Å². The van der Waals surface area contributed by atoms with Crippen LogP contribution in [0.15, 0.2) is 4.36 Å². The standard InChI is InChI=1S/C6H12N2O3S/c7-4-2-1-3-5(6(9)10)8-12-11/h5H,1-4,7H2,(H,9,10)/t5-/m0/s1. The van der Waals surface area contributed by atoms with Crippen molar-refractivity contribution in [1.82, 2.24) is 0 Å². The van der Waals surface area contributed by atoms with Crippen molar-refractivity contribution in [2.75, 3.05) is 6.54 Å². The molecule has 6 heteroatoms. The zero-order valence-electron chi connectivity index (χ0n) is 6.60. The zero-order chi connectivity index (χ0) is 9.40. The molecule has 0 aliphatic rings. The molecule has 0 radical (unpaired) electrons. The van der Waals surface area contributed by atoms with Gasteiger partial charge in [-0.15, -0.1) is 0 Å². The summed E-state index contributed by atoms with van der Waals surface area (Å²) in [5, 5.41) is 8.53. The predicted molar refractivity (Wildman–Crippen MR) is 44.9 cm³/mol. The van der Waals surface area contributed by atoms with Crippen molar-refractivity contribution in [3.63, 3.8) is 0 Å². The van der Waals surface area contributed by atoms with Crippen LogP contribution in [-0.2, 0) is 16.3 Å². The van der Waals surface area contributed by atoms with E-state index < -0.39 is 12.0 Å². The Morgan fingerprint density at radius 1 is 1.58 bits per heavy atom. The summed E-state index contributed by atoms with van der Waals surface area (Å²) in [6.45, 7) is 0.539. The number of carboxylic acid groups (broad SMARTS) is 1. The zero-order valence-corrected chi connectivity index (χ0v) is 7.42. The molecule has 5 nitrogen and oxygen atoms in total. The average Bonchev–Trinajstić information content (AvgIpc) is 2.03. The molecule has 0 amide bonds. The maximum Gasteiger partial charge on any atom is 0.329 e. The van der Waals surface area contributed by atoms with E-state index in [0.29, 0.717) is 19.4 Å². The molecule has 0 unspecified atom stereocenters. The molecule has 12 heavy (non-hydrogen) atoms. The van der Waals surface area contributed by atoms with E-state index in [2.05, 4.69) is 4.36 Å². The summed E-state index contributed by atoms with van der Waals surface area (Å²) in [5.74, 6) is -1.05. The highest BCUT2D eigenvalue weighted by molar-refractivity contribution is 7.54. The van der Waals surface area contributed by atoms with E-state index >= 15 is 0 Å². The SMILES string of the molecule is NCCCC[C@H](N=S=O)C(=O)O. The second-order valence-electron chi connectivity index (χ2n) is 2.32. The summed E-state index contributed by atoms with van der Waals surface area (Å²) in [6, 6.07) is -0.876. The lowest BCUT2D eigenvalue weighted by Crippen LogP contribution is -2.17. The highest BCUT2D eigenvalue weighted by Gasteiger charge is 2.14. The number of hydrogen-bond donors (Lipinski definition) is 2. The van der Waals surface area contributed by atoms with Gasteiger partial charge in [-0.25, -0.2) is 4.79 Å². The van der Waals surface area contributed by atoms with Crippen LogP contribution in [0, 0.1) is 0 Å². The number of carboxylic acids is 1. The monoisotopic (exact) mass is 192 g/mol. The number of nitrogens with zero attached hydrogens (tertiary/aromatic N) is 1. The molecule has 0 aromatic heterocycles. The van der Waals surface area contributed by atoms with Crippen LogP contribution in [0.25, 0.3) is 0 Å². The van der Waals surface area contributed by atoms with Crippen LogP contribution in [-0.4, -0.2) is 27.9 Å². The first kappa shape index (κ1) is 11.2. The van der Waals surface area contributed by atoms with Crippen LogP contribution < -0.4 is 5.73 Å². The Labute approximate surface area is 74.2 Å². The first-order valence-electron chi connectivity index (χ1n) is 3.64.